The highest BCUT2D eigenvalue weighted by atomic mass is 16.5. The summed E-state index contributed by atoms with van der Waals surface area (Å²) in [5.41, 5.74) is 1.22. The Morgan fingerprint density at radius 3 is 2.13 bits per heavy atom. The molecule has 0 aliphatic rings. The van der Waals surface area contributed by atoms with Crippen molar-refractivity contribution in [2.24, 2.45) is 0 Å². The summed E-state index contributed by atoms with van der Waals surface area (Å²) in [4.78, 5) is 25.1. The third kappa shape index (κ3) is 5.61. The highest BCUT2D eigenvalue weighted by Gasteiger charge is 2.16. The van der Waals surface area contributed by atoms with E-state index in [2.05, 4.69) is 10.6 Å². The Morgan fingerprint density at radius 1 is 0.733 bits per heavy atom. The zero-order valence-corrected chi connectivity index (χ0v) is 16.8. The molecule has 2 N–H and O–H groups in total. The highest BCUT2D eigenvalue weighted by Crippen LogP contribution is 2.22. The molecule has 0 heterocycles. The van der Waals surface area contributed by atoms with E-state index in [9.17, 15) is 9.59 Å². The summed E-state index contributed by atoms with van der Waals surface area (Å²) in [6, 6.07) is 23.3. The van der Waals surface area contributed by atoms with Crippen molar-refractivity contribution in [2.45, 2.75) is 6.92 Å². The van der Waals surface area contributed by atoms with Crippen LogP contribution in [0.15, 0.2) is 78.9 Å². The quantitative estimate of drug-likeness (QED) is 0.526. The smallest absolute Gasteiger partial charge is 0.259 e. The van der Waals surface area contributed by atoms with Crippen molar-refractivity contribution in [2.75, 3.05) is 25.1 Å². The minimum atomic E-state index is -0.355. The summed E-state index contributed by atoms with van der Waals surface area (Å²) < 4.78 is 11.4. The molecule has 0 bridgehead atoms. The first-order valence-corrected chi connectivity index (χ1v) is 9.77. The lowest BCUT2D eigenvalue weighted by molar-refractivity contribution is 0.0956. The lowest BCUT2D eigenvalue weighted by Crippen LogP contribution is -2.25. The highest BCUT2D eigenvalue weighted by molar-refractivity contribution is 6.10. The molecule has 6 nitrogen and oxygen atoms in total. The molecule has 0 saturated carbocycles. The second-order valence-corrected chi connectivity index (χ2v) is 6.37. The number of para-hydroxylation sites is 3. The molecule has 0 aromatic heterocycles. The Bertz CT molecular complexity index is 989. The van der Waals surface area contributed by atoms with Gasteiger partial charge in [0, 0.05) is 6.54 Å². The Balaban J connectivity index is 1.65. The molecule has 0 radical (unpaired) electrons. The van der Waals surface area contributed by atoms with Gasteiger partial charge in [-0.1, -0.05) is 42.5 Å². The molecule has 0 unspecified atom stereocenters. The number of carbonyl (C=O) groups excluding carboxylic acids is 2. The SMILES string of the molecule is CCNC(=O)c1ccccc1NC(=O)c1ccccc1OCCOc1ccccc1. The number of anilines is 1. The van der Waals surface area contributed by atoms with Gasteiger partial charge in [-0.15, -0.1) is 0 Å². The van der Waals surface area contributed by atoms with Crippen LogP contribution in [-0.2, 0) is 0 Å². The fourth-order valence-corrected chi connectivity index (χ4v) is 2.84. The van der Waals surface area contributed by atoms with Crippen LogP contribution in [0.1, 0.15) is 27.6 Å². The lowest BCUT2D eigenvalue weighted by Gasteiger charge is -2.14. The first-order chi connectivity index (χ1) is 14.7. The van der Waals surface area contributed by atoms with E-state index in [1.54, 1.807) is 48.5 Å². The van der Waals surface area contributed by atoms with Gasteiger partial charge in [0.2, 0.25) is 0 Å². The van der Waals surface area contributed by atoms with E-state index in [4.69, 9.17) is 9.47 Å². The minimum absolute atomic E-state index is 0.240. The van der Waals surface area contributed by atoms with Crippen molar-refractivity contribution < 1.29 is 19.1 Å². The van der Waals surface area contributed by atoms with E-state index in [-0.39, 0.29) is 18.4 Å². The van der Waals surface area contributed by atoms with Crippen LogP contribution in [0.25, 0.3) is 0 Å². The summed E-state index contributed by atoms with van der Waals surface area (Å²) in [6.07, 6.45) is 0. The third-order valence-electron chi connectivity index (χ3n) is 4.24. The summed E-state index contributed by atoms with van der Waals surface area (Å²) in [6.45, 7) is 2.98. The van der Waals surface area contributed by atoms with Gasteiger partial charge in [-0.3, -0.25) is 9.59 Å². The third-order valence-corrected chi connectivity index (χ3v) is 4.24. The van der Waals surface area contributed by atoms with Gasteiger partial charge < -0.3 is 20.1 Å². The standard InChI is InChI=1S/C24H24N2O4/c1-2-25-23(27)19-12-6-8-14-21(19)26-24(28)20-13-7-9-15-22(20)30-17-16-29-18-10-4-3-5-11-18/h3-15H,2,16-17H2,1H3,(H,25,27)(H,26,28). The average molecular weight is 404 g/mol. The van der Waals surface area contributed by atoms with Crippen molar-refractivity contribution in [1.82, 2.24) is 5.32 Å². The van der Waals surface area contributed by atoms with Crippen molar-refractivity contribution >= 4 is 17.5 Å². The Morgan fingerprint density at radius 2 is 1.37 bits per heavy atom. The van der Waals surface area contributed by atoms with Crippen LogP contribution in [0.5, 0.6) is 11.5 Å². The predicted molar refractivity (Wildman–Crippen MR) is 116 cm³/mol. The van der Waals surface area contributed by atoms with Crippen molar-refractivity contribution in [1.29, 1.82) is 0 Å². The molecule has 2 amide bonds. The second-order valence-electron chi connectivity index (χ2n) is 6.37. The average Bonchev–Trinajstić information content (AvgIpc) is 2.78. The van der Waals surface area contributed by atoms with E-state index >= 15 is 0 Å². The summed E-state index contributed by atoms with van der Waals surface area (Å²) >= 11 is 0. The molecule has 3 aromatic carbocycles. The molecular weight excluding hydrogens is 380 g/mol. The Labute approximate surface area is 175 Å². The molecule has 0 spiro atoms. The molecule has 3 rings (SSSR count). The number of benzene rings is 3. The van der Waals surface area contributed by atoms with E-state index in [0.29, 0.717) is 35.7 Å². The number of rotatable bonds is 9. The number of carbonyl (C=O) groups is 2. The monoisotopic (exact) mass is 404 g/mol. The molecule has 0 aliphatic carbocycles. The van der Waals surface area contributed by atoms with Gasteiger partial charge in [-0.05, 0) is 43.3 Å². The fraction of sp³-hybridized carbons (Fsp3) is 0.167. The fourth-order valence-electron chi connectivity index (χ4n) is 2.84. The zero-order chi connectivity index (χ0) is 21.2. The van der Waals surface area contributed by atoms with Crippen LogP contribution < -0.4 is 20.1 Å². The topological polar surface area (TPSA) is 76.7 Å². The van der Waals surface area contributed by atoms with Gasteiger partial charge in [0.25, 0.3) is 11.8 Å². The van der Waals surface area contributed by atoms with Crippen LogP contribution in [0.4, 0.5) is 5.69 Å². The van der Waals surface area contributed by atoms with Crippen LogP contribution in [0.3, 0.4) is 0 Å². The normalized spacial score (nSPS) is 10.2. The van der Waals surface area contributed by atoms with Gasteiger partial charge >= 0.3 is 0 Å². The number of hydrogen-bond donors (Lipinski definition) is 2. The van der Waals surface area contributed by atoms with Crippen LogP contribution in [0, 0.1) is 0 Å². The van der Waals surface area contributed by atoms with Gasteiger partial charge in [-0.2, -0.15) is 0 Å². The molecule has 30 heavy (non-hydrogen) atoms. The molecule has 0 fully saturated rings. The number of hydrogen-bond acceptors (Lipinski definition) is 4. The maximum absolute atomic E-state index is 12.9. The maximum atomic E-state index is 12.9. The number of amides is 2. The largest absolute Gasteiger partial charge is 0.490 e. The number of ether oxygens (including phenoxy) is 2. The molecule has 154 valence electrons. The van der Waals surface area contributed by atoms with Crippen LogP contribution in [-0.4, -0.2) is 31.6 Å². The maximum Gasteiger partial charge on any atom is 0.259 e. The van der Waals surface area contributed by atoms with Gasteiger partial charge in [0.05, 0.1) is 16.8 Å². The molecule has 0 aliphatic heterocycles. The van der Waals surface area contributed by atoms with Crippen LogP contribution in [0.2, 0.25) is 0 Å². The zero-order valence-electron chi connectivity index (χ0n) is 16.8. The minimum Gasteiger partial charge on any atom is -0.490 e. The Hall–Kier alpha value is -3.80. The van der Waals surface area contributed by atoms with E-state index < -0.39 is 0 Å². The summed E-state index contributed by atoms with van der Waals surface area (Å²) in [5.74, 6) is 0.610. The molecule has 0 atom stereocenters. The van der Waals surface area contributed by atoms with Crippen molar-refractivity contribution in [3.8, 4) is 11.5 Å². The first kappa shape index (κ1) is 20.9. The van der Waals surface area contributed by atoms with E-state index in [1.807, 2.05) is 37.3 Å². The molecule has 0 saturated heterocycles. The van der Waals surface area contributed by atoms with Gasteiger partial charge in [0.15, 0.2) is 0 Å². The molecule has 6 heteroatoms. The van der Waals surface area contributed by atoms with Gasteiger partial charge in [0.1, 0.15) is 24.7 Å². The Kier molecular flexibility index (Phi) is 7.44. The first-order valence-electron chi connectivity index (χ1n) is 9.77. The molecular formula is C24H24N2O4. The number of nitrogens with one attached hydrogen (secondary N) is 2. The summed E-state index contributed by atoms with van der Waals surface area (Å²) in [7, 11) is 0. The van der Waals surface area contributed by atoms with Crippen LogP contribution >= 0.6 is 0 Å². The van der Waals surface area contributed by atoms with Gasteiger partial charge in [-0.25, -0.2) is 0 Å². The lowest BCUT2D eigenvalue weighted by atomic mass is 10.1. The predicted octanol–water partition coefficient (Wildman–Crippen LogP) is 4.15. The molecule has 3 aromatic rings. The second kappa shape index (κ2) is 10.7. The van der Waals surface area contributed by atoms with E-state index in [1.165, 1.54) is 0 Å². The van der Waals surface area contributed by atoms with E-state index in [0.717, 1.165) is 5.75 Å². The van der Waals surface area contributed by atoms with Crippen molar-refractivity contribution in [3.63, 3.8) is 0 Å². The van der Waals surface area contributed by atoms with Crippen molar-refractivity contribution in [3.05, 3.63) is 90.0 Å². The summed E-state index contributed by atoms with van der Waals surface area (Å²) in [5, 5.41) is 5.56.